The molecule has 16 heavy (non-hydrogen) atoms. The first kappa shape index (κ1) is 12.7. The van der Waals surface area contributed by atoms with Crippen molar-refractivity contribution in [1.29, 1.82) is 0 Å². The summed E-state index contributed by atoms with van der Waals surface area (Å²) in [7, 11) is 1.64. The Morgan fingerprint density at radius 1 is 1.56 bits per heavy atom. The third-order valence-corrected chi connectivity index (χ3v) is 2.55. The van der Waals surface area contributed by atoms with Crippen LogP contribution in [0.15, 0.2) is 24.3 Å². The van der Waals surface area contributed by atoms with Crippen molar-refractivity contribution < 1.29 is 14.6 Å². The largest absolute Gasteiger partial charge is 0.480 e. The van der Waals surface area contributed by atoms with Crippen LogP contribution in [0.5, 0.6) is 0 Å². The van der Waals surface area contributed by atoms with Crippen molar-refractivity contribution in [2.24, 2.45) is 5.73 Å². The average molecular weight is 223 g/mol. The second kappa shape index (κ2) is 5.63. The van der Waals surface area contributed by atoms with Gasteiger partial charge in [-0.1, -0.05) is 24.3 Å². The quantitative estimate of drug-likeness (QED) is 0.790. The number of carboxylic acids is 1. The molecule has 1 aromatic carbocycles. The number of nitrogens with two attached hydrogens (primary N) is 1. The SMILES string of the molecule is COC(C)c1cccc(CC(N)C(=O)O)c1. The summed E-state index contributed by atoms with van der Waals surface area (Å²) in [6.45, 7) is 1.94. The normalized spacial score (nSPS) is 14.4. The van der Waals surface area contributed by atoms with Gasteiger partial charge in [0, 0.05) is 7.11 Å². The van der Waals surface area contributed by atoms with E-state index in [0.29, 0.717) is 6.42 Å². The predicted molar refractivity (Wildman–Crippen MR) is 61.2 cm³/mol. The maximum atomic E-state index is 10.6. The minimum absolute atomic E-state index is 0.000928. The molecular formula is C12H17NO3. The molecule has 0 aliphatic rings. The van der Waals surface area contributed by atoms with E-state index < -0.39 is 12.0 Å². The number of benzene rings is 1. The molecule has 1 aromatic rings. The summed E-state index contributed by atoms with van der Waals surface area (Å²) < 4.78 is 5.20. The van der Waals surface area contributed by atoms with Gasteiger partial charge in [-0.2, -0.15) is 0 Å². The molecule has 2 unspecified atom stereocenters. The summed E-state index contributed by atoms with van der Waals surface area (Å²) >= 11 is 0. The van der Waals surface area contributed by atoms with Crippen LogP contribution in [-0.4, -0.2) is 24.2 Å². The van der Waals surface area contributed by atoms with E-state index in [1.165, 1.54) is 0 Å². The number of rotatable bonds is 5. The molecule has 0 spiro atoms. The van der Waals surface area contributed by atoms with E-state index in [1.807, 2.05) is 31.2 Å². The van der Waals surface area contributed by atoms with Crippen LogP contribution in [-0.2, 0) is 16.0 Å². The van der Waals surface area contributed by atoms with Crippen molar-refractivity contribution in [3.05, 3.63) is 35.4 Å². The summed E-state index contributed by atoms with van der Waals surface area (Å²) in [5.41, 5.74) is 7.42. The lowest BCUT2D eigenvalue weighted by atomic mass is 10.0. The Morgan fingerprint density at radius 2 is 2.25 bits per heavy atom. The molecule has 0 aliphatic carbocycles. The van der Waals surface area contributed by atoms with Gasteiger partial charge in [0.25, 0.3) is 0 Å². The molecule has 0 amide bonds. The minimum Gasteiger partial charge on any atom is -0.480 e. The smallest absolute Gasteiger partial charge is 0.320 e. The van der Waals surface area contributed by atoms with Gasteiger partial charge in [-0.15, -0.1) is 0 Å². The second-order valence-electron chi connectivity index (χ2n) is 3.77. The molecule has 4 heteroatoms. The van der Waals surface area contributed by atoms with Gasteiger partial charge in [-0.25, -0.2) is 0 Å². The van der Waals surface area contributed by atoms with Crippen LogP contribution in [0.1, 0.15) is 24.2 Å². The number of ether oxygens (including phenoxy) is 1. The summed E-state index contributed by atoms with van der Waals surface area (Å²) in [5, 5.41) is 8.72. The van der Waals surface area contributed by atoms with Gasteiger partial charge in [0.05, 0.1) is 6.10 Å². The van der Waals surface area contributed by atoms with Crippen molar-refractivity contribution in [3.63, 3.8) is 0 Å². The Balaban J connectivity index is 2.78. The molecule has 0 saturated heterocycles. The fourth-order valence-corrected chi connectivity index (χ4v) is 1.45. The molecular weight excluding hydrogens is 206 g/mol. The summed E-state index contributed by atoms with van der Waals surface area (Å²) in [6.07, 6.45) is 0.334. The van der Waals surface area contributed by atoms with Crippen molar-refractivity contribution >= 4 is 5.97 Å². The first-order valence-corrected chi connectivity index (χ1v) is 5.14. The molecule has 0 radical (unpaired) electrons. The van der Waals surface area contributed by atoms with E-state index >= 15 is 0 Å². The fourth-order valence-electron chi connectivity index (χ4n) is 1.45. The Kier molecular flexibility index (Phi) is 4.46. The van der Waals surface area contributed by atoms with E-state index in [0.717, 1.165) is 11.1 Å². The van der Waals surface area contributed by atoms with E-state index in [-0.39, 0.29) is 6.10 Å². The van der Waals surface area contributed by atoms with Crippen LogP contribution >= 0.6 is 0 Å². The number of carbonyl (C=O) groups is 1. The van der Waals surface area contributed by atoms with Gasteiger partial charge in [0.2, 0.25) is 0 Å². The third-order valence-electron chi connectivity index (χ3n) is 2.55. The molecule has 0 heterocycles. The van der Waals surface area contributed by atoms with Crippen LogP contribution in [0.3, 0.4) is 0 Å². The second-order valence-corrected chi connectivity index (χ2v) is 3.77. The van der Waals surface area contributed by atoms with E-state index in [9.17, 15) is 4.79 Å². The van der Waals surface area contributed by atoms with Crippen molar-refractivity contribution in [3.8, 4) is 0 Å². The van der Waals surface area contributed by atoms with Gasteiger partial charge in [-0.05, 0) is 24.5 Å². The van der Waals surface area contributed by atoms with Gasteiger partial charge in [0.15, 0.2) is 0 Å². The molecule has 1 rings (SSSR count). The van der Waals surface area contributed by atoms with Crippen LogP contribution in [0.25, 0.3) is 0 Å². The number of carboxylic acid groups (broad SMARTS) is 1. The Morgan fingerprint density at radius 3 is 2.81 bits per heavy atom. The highest BCUT2D eigenvalue weighted by Crippen LogP contribution is 2.17. The number of methoxy groups -OCH3 is 1. The highest BCUT2D eigenvalue weighted by atomic mass is 16.5. The fraction of sp³-hybridized carbons (Fsp3) is 0.417. The lowest BCUT2D eigenvalue weighted by Crippen LogP contribution is -2.32. The first-order valence-electron chi connectivity index (χ1n) is 5.14. The Hall–Kier alpha value is -1.39. The van der Waals surface area contributed by atoms with Gasteiger partial charge >= 0.3 is 5.97 Å². The summed E-state index contributed by atoms with van der Waals surface area (Å²) in [5.74, 6) is -0.981. The van der Waals surface area contributed by atoms with Crippen LogP contribution in [0.2, 0.25) is 0 Å². The maximum Gasteiger partial charge on any atom is 0.320 e. The first-order chi connectivity index (χ1) is 7.54. The van der Waals surface area contributed by atoms with E-state index in [2.05, 4.69) is 0 Å². The van der Waals surface area contributed by atoms with Crippen molar-refractivity contribution in [1.82, 2.24) is 0 Å². The highest BCUT2D eigenvalue weighted by molar-refractivity contribution is 5.73. The van der Waals surface area contributed by atoms with Crippen molar-refractivity contribution in [2.45, 2.75) is 25.5 Å². The Bertz CT molecular complexity index is 365. The molecule has 4 nitrogen and oxygen atoms in total. The lowest BCUT2D eigenvalue weighted by Gasteiger charge is -2.12. The zero-order valence-corrected chi connectivity index (χ0v) is 9.51. The van der Waals surface area contributed by atoms with Gasteiger partial charge < -0.3 is 15.6 Å². The monoisotopic (exact) mass is 223 g/mol. The predicted octanol–water partition coefficient (Wildman–Crippen LogP) is 1.35. The molecule has 88 valence electrons. The third kappa shape index (κ3) is 3.32. The topological polar surface area (TPSA) is 72.5 Å². The number of aliphatic carboxylic acids is 1. The molecule has 0 aliphatic heterocycles. The zero-order chi connectivity index (χ0) is 12.1. The maximum absolute atomic E-state index is 10.6. The number of hydrogen-bond acceptors (Lipinski definition) is 3. The highest BCUT2D eigenvalue weighted by Gasteiger charge is 2.12. The standard InChI is InChI=1S/C12H17NO3/c1-8(16-2)10-5-3-4-9(6-10)7-11(13)12(14)15/h3-6,8,11H,7,13H2,1-2H3,(H,14,15). The van der Waals surface area contributed by atoms with Gasteiger partial charge in [-0.3, -0.25) is 4.79 Å². The lowest BCUT2D eigenvalue weighted by molar-refractivity contribution is -0.138. The number of hydrogen-bond donors (Lipinski definition) is 2. The summed E-state index contributed by atoms with van der Waals surface area (Å²) in [4.78, 5) is 10.6. The minimum atomic E-state index is -0.981. The van der Waals surface area contributed by atoms with Crippen LogP contribution in [0.4, 0.5) is 0 Å². The molecule has 2 atom stereocenters. The van der Waals surface area contributed by atoms with Crippen LogP contribution < -0.4 is 5.73 Å². The van der Waals surface area contributed by atoms with Crippen LogP contribution in [0, 0.1) is 0 Å². The molecule has 0 saturated carbocycles. The van der Waals surface area contributed by atoms with Crippen molar-refractivity contribution in [2.75, 3.05) is 7.11 Å². The summed E-state index contributed by atoms with van der Waals surface area (Å²) in [6, 6.07) is 6.78. The van der Waals surface area contributed by atoms with E-state index in [4.69, 9.17) is 15.6 Å². The zero-order valence-electron chi connectivity index (χ0n) is 9.51. The molecule has 0 bridgehead atoms. The van der Waals surface area contributed by atoms with E-state index in [1.54, 1.807) is 7.11 Å². The molecule has 0 aromatic heterocycles. The Labute approximate surface area is 95.0 Å². The van der Waals surface area contributed by atoms with Gasteiger partial charge in [0.1, 0.15) is 6.04 Å². The molecule has 0 fully saturated rings. The average Bonchev–Trinajstić information content (AvgIpc) is 2.28. The molecule has 3 N–H and O–H groups in total.